The molecule has 0 aliphatic heterocycles. The highest BCUT2D eigenvalue weighted by Crippen LogP contribution is 2.32. The van der Waals surface area contributed by atoms with Crippen LogP contribution in [0.3, 0.4) is 0 Å². The topological polar surface area (TPSA) is 121 Å². The van der Waals surface area contributed by atoms with Gasteiger partial charge in [0.2, 0.25) is 5.89 Å². The number of amides is 1. The van der Waals surface area contributed by atoms with Crippen LogP contribution in [0.25, 0.3) is 11.5 Å². The van der Waals surface area contributed by atoms with Gasteiger partial charge >= 0.3 is 6.01 Å². The van der Waals surface area contributed by atoms with Crippen LogP contribution in [0.15, 0.2) is 51.8 Å². The third-order valence-electron chi connectivity index (χ3n) is 4.27. The second-order valence-electron chi connectivity index (χ2n) is 6.33. The Hall–Kier alpha value is -3.40. The summed E-state index contributed by atoms with van der Waals surface area (Å²) in [5.74, 6) is 0.700. The van der Waals surface area contributed by atoms with Crippen LogP contribution in [0.2, 0.25) is 0 Å². The molecule has 31 heavy (non-hydrogen) atoms. The van der Waals surface area contributed by atoms with Crippen LogP contribution in [0.1, 0.15) is 31.1 Å². The minimum Gasteiger partial charge on any atom is -0.490 e. The Balaban J connectivity index is 1.80. The number of ether oxygens (including phenoxy) is 2. The summed E-state index contributed by atoms with van der Waals surface area (Å²) in [6.45, 7) is 6.24. The second-order valence-corrected chi connectivity index (χ2v) is 8.60. The molecule has 0 bridgehead atoms. The van der Waals surface area contributed by atoms with E-state index in [2.05, 4.69) is 15.5 Å². The van der Waals surface area contributed by atoms with E-state index in [0.29, 0.717) is 30.3 Å². The second kappa shape index (κ2) is 9.61. The average molecular weight is 445 g/mol. The van der Waals surface area contributed by atoms with E-state index in [4.69, 9.17) is 13.9 Å². The first-order valence-corrected chi connectivity index (χ1v) is 11.4. The van der Waals surface area contributed by atoms with Gasteiger partial charge in [0.1, 0.15) is 0 Å². The third-order valence-corrected chi connectivity index (χ3v) is 6.00. The molecular formula is C21H23N3O6S. The van der Waals surface area contributed by atoms with Crippen LogP contribution >= 0.6 is 0 Å². The van der Waals surface area contributed by atoms with Gasteiger partial charge in [-0.05, 0) is 50.2 Å². The number of nitrogens with one attached hydrogen (secondary N) is 1. The van der Waals surface area contributed by atoms with Crippen LogP contribution in [0.4, 0.5) is 6.01 Å². The minimum absolute atomic E-state index is 0.0586. The predicted molar refractivity (Wildman–Crippen MR) is 114 cm³/mol. The van der Waals surface area contributed by atoms with Crippen molar-refractivity contribution in [3.8, 4) is 23.0 Å². The number of rotatable bonds is 9. The van der Waals surface area contributed by atoms with Crippen molar-refractivity contribution in [2.24, 2.45) is 0 Å². The van der Waals surface area contributed by atoms with Crippen molar-refractivity contribution in [1.29, 1.82) is 0 Å². The molecule has 0 atom stereocenters. The van der Waals surface area contributed by atoms with Gasteiger partial charge in [-0.15, -0.1) is 5.10 Å². The monoisotopic (exact) mass is 445 g/mol. The fourth-order valence-electron chi connectivity index (χ4n) is 2.74. The first kappa shape index (κ1) is 22.3. The zero-order valence-corrected chi connectivity index (χ0v) is 18.2. The quantitative estimate of drug-likeness (QED) is 0.531. The van der Waals surface area contributed by atoms with Gasteiger partial charge in [-0.2, -0.15) is 0 Å². The number of benzene rings is 2. The lowest BCUT2D eigenvalue weighted by Crippen LogP contribution is -2.13. The smallest absolute Gasteiger partial charge is 0.322 e. The predicted octanol–water partition coefficient (Wildman–Crippen LogP) is 3.58. The summed E-state index contributed by atoms with van der Waals surface area (Å²) in [7, 11) is -3.43. The number of aromatic nitrogens is 2. The number of nitrogens with zero attached hydrogens (tertiary/aromatic N) is 2. The van der Waals surface area contributed by atoms with Crippen LogP contribution < -0.4 is 14.8 Å². The maximum Gasteiger partial charge on any atom is 0.322 e. The van der Waals surface area contributed by atoms with Gasteiger partial charge in [0.25, 0.3) is 5.91 Å². The van der Waals surface area contributed by atoms with E-state index in [-0.39, 0.29) is 28.1 Å². The van der Waals surface area contributed by atoms with E-state index in [1.54, 1.807) is 25.1 Å². The van der Waals surface area contributed by atoms with Crippen LogP contribution in [-0.4, -0.2) is 43.5 Å². The van der Waals surface area contributed by atoms with E-state index >= 15 is 0 Å². The molecule has 1 aromatic heterocycles. The normalized spacial score (nSPS) is 11.2. The van der Waals surface area contributed by atoms with Crippen molar-refractivity contribution >= 4 is 21.8 Å². The Bertz CT molecular complexity index is 1170. The molecule has 0 saturated carbocycles. The molecule has 3 rings (SSSR count). The third kappa shape index (κ3) is 5.21. The van der Waals surface area contributed by atoms with Gasteiger partial charge in [0.15, 0.2) is 21.3 Å². The van der Waals surface area contributed by atoms with E-state index < -0.39 is 15.7 Å². The summed E-state index contributed by atoms with van der Waals surface area (Å²) < 4.78 is 40.8. The van der Waals surface area contributed by atoms with Gasteiger partial charge in [0.05, 0.1) is 23.9 Å². The maximum absolute atomic E-state index is 12.5. The lowest BCUT2D eigenvalue weighted by atomic mass is 10.2. The molecule has 0 radical (unpaired) electrons. The van der Waals surface area contributed by atoms with Crippen LogP contribution in [0, 0.1) is 0 Å². The maximum atomic E-state index is 12.5. The van der Waals surface area contributed by atoms with E-state index in [0.717, 1.165) is 0 Å². The SMILES string of the molecule is CCOc1ccc(-c2nnc(NC(=O)c3cccc(S(=O)(=O)CC)c3)o2)cc1OCC. The molecule has 1 N–H and O–H groups in total. The highest BCUT2D eigenvalue weighted by atomic mass is 32.2. The summed E-state index contributed by atoms with van der Waals surface area (Å²) in [4.78, 5) is 12.6. The molecule has 0 fully saturated rings. The number of carbonyl (C=O) groups is 1. The van der Waals surface area contributed by atoms with Crippen LogP contribution in [0.5, 0.6) is 11.5 Å². The molecule has 1 heterocycles. The van der Waals surface area contributed by atoms with Gasteiger partial charge < -0.3 is 13.9 Å². The molecule has 0 aliphatic carbocycles. The lowest BCUT2D eigenvalue weighted by molar-refractivity contribution is 0.102. The molecule has 164 valence electrons. The van der Waals surface area contributed by atoms with Crippen molar-refractivity contribution < 1.29 is 27.1 Å². The molecule has 0 saturated heterocycles. The first-order chi connectivity index (χ1) is 14.9. The fourth-order valence-corrected chi connectivity index (χ4v) is 3.67. The van der Waals surface area contributed by atoms with Crippen molar-refractivity contribution in [2.75, 3.05) is 24.3 Å². The molecule has 0 aliphatic rings. The molecular weight excluding hydrogens is 422 g/mol. The Labute approximate surface area is 180 Å². The van der Waals surface area contributed by atoms with Gasteiger partial charge in [0, 0.05) is 11.1 Å². The van der Waals surface area contributed by atoms with E-state index in [1.807, 2.05) is 13.8 Å². The largest absolute Gasteiger partial charge is 0.490 e. The van der Waals surface area contributed by atoms with Crippen molar-refractivity contribution in [1.82, 2.24) is 10.2 Å². The molecule has 3 aromatic rings. The molecule has 10 heteroatoms. The summed E-state index contributed by atoms with van der Waals surface area (Å²) in [5, 5.41) is 10.3. The Morgan fingerprint density at radius 2 is 1.74 bits per heavy atom. The summed E-state index contributed by atoms with van der Waals surface area (Å²) >= 11 is 0. The number of sulfone groups is 1. The highest BCUT2D eigenvalue weighted by molar-refractivity contribution is 7.91. The summed E-state index contributed by atoms with van der Waals surface area (Å²) in [5.41, 5.74) is 0.755. The number of hydrogen-bond acceptors (Lipinski definition) is 8. The fraction of sp³-hybridized carbons (Fsp3) is 0.286. The lowest BCUT2D eigenvalue weighted by Gasteiger charge is -2.11. The van der Waals surface area contributed by atoms with Crippen molar-refractivity contribution in [2.45, 2.75) is 25.7 Å². The Kier molecular flexibility index (Phi) is 6.91. The average Bonchev–Trinajstić information content (AvgIpc) is 3.24. The number of hydrogen-bond donors (Lipinski definition) is 1. The van der Waals surface area contributed by atoms with Gasteiger partial charge in [-0.3, -0.25) is 10.1 Å². The molecule has 2 aromatic carbocycles. The molecule has 0 unspecified atom stereocenters. The number of carbonyl (C=O) groups excluding carboxylic acids is 1. The van der Waals surface area contributed by atoms with Crippen molar-refractivity contribution in [3.05, 3.63) is 48.0 Å². The van der Waals surface area contributed by atoms with Crippen LogP contribution in [-0.2, 0) is 9.84 Å². The zero-order chi connectivity index (χ0) is 22.4. The summed E-state index contributed by atoms with van der Waals surface area (Å²) in [6.07, 6.45) is 0. The van der Waals surface area contributed by atoms with Crippen molar-refractivity contribution in [3.63, 3.8) is 0 Å². The zero-order valence-electron chi connectivity index (χ0n) is 17.4. The van der Waals surface area contributed by atoms with E-state index in [1.165, 1.54) is 24.3 Å². The minimum atomic E-state index is -3.43. The standard InChI is InChI=1S/C21H23N3O6S/c1-4-28-17-11-10-15(13-18(17)29-5-2)20-23-24-21(30-20)22-19(25)14-8-7-9-16(12-14)31(26,27)6-3/h7-13H,4-6H2,1-3H3,(H,22,24,25). The Morgan fingerprint density at radius 3 is 2.45 bits per heavy atom. The number of anilines is 1. The summed E-state index contributed by atoms with van der Waals surface area (Å²) in [6, 6.07) is 10.8. The highest BCUT2D eigenvalue weighted by Gasteiger charge is 2.17. The van der Waals surface area contributed by atoms with Gasteiger partial charge in [-0.25, -0.2) is 8.42 Å². The Morgan fingerprint density at radius 1 is 1.00 bits per heavy atom. The molecule has 0 spiro atoms. The first-order valence-electron chi connectivity index (χ1n) is 9.75. The van der Waals surface area contributed by atoms with E-state index in [9.17, 15) is 13.2 Å². The van der Waals surface area contributed by atoms with Gasteiger partial charge in [-0.1, -0.05) is 18.1 Å². The molecule has 1 amide bonds. The molecule has 9 nitrogen and oxygen atoms in total.